The van der Waals surface area contributed by atoms with E-state index in [-0.39, 0.29) is 0 Å². The summed E-state index contributed by atoms with van der Waals surface area (Å²) < 4.78 is 5.33. The Hall–Kier alpha value is -0.760. The largest absolute Gasteiger partial charge is 0.469 e. The third-order valence-electron chi connectivity index (χ3n) is 3.00. The van der Waals surface area contributed by atoms with Crippen LogP contribution in [-0.4, -0.2) is 12.6 Å². The molecule has 2 heteroatoms. The molecule has 0 saturated carbocycles. The van der Waals surface area contributed by atoms with E-state index in [1.54, 1.807) is 6.26 Å². The Bertz CT molecular complexity index is 284. The van der Waals surface area contributed by atoms with Gasteiger partial charge in [-0.15, -0.1) is 0 Å². The molecule has 0 saturated heterocycles. The van der Waals surface area contributed by atoms with Crippen molar-refractivity contribution in [3.05, 3.63) is 24.2 Å². The van der Waals surface area contributed by atoms with Gasteiger partial charge in [-0.3, -0.25) is 0 Å². The molecule has 1 N–H and O–H groups in total. The lowest BCUT2D eigenvalue weighted by molar-refractivity contribution is 0.354. The van der Waals surface area contributed by atoms with Gasteiger partial charge in [-0.2, -0.15) is 0 Å². The Labute approximate surface area is 106 Å². The Morgan fingerprint density at radius 3 is 2.71 bits per heavy atom. The lowest BCUT2D eigenvalue weighted by Gasteiger charge is -2.19. The van der Waals surface area contributed by atoms with Gasteiger partial charge in [0.25, 0.3) is 0 Å². The van der Waals surface area contributed by atoms with Crippen molar-refractivity contribution in [2.75, 3.05) is 6.54 Å². The SMILES string of the molecule is CC(CCc1ccco1)NCCCC(C)(C)C. The predicted octanol–water partition coefficient (Wildman–Crippen LogP) is 4.02. The van der Waals surface area contributed by atoms with E-state index in [9.17, 15) is 0 Å². The lowest BCUT2D eigenvalue weighted by Crippen LogP contribution is -2.28. The number of hydrogen-bond acceptors (Lipinski definition) is 2. The van der Waals surface area contributed by atoms with Gasteiger partial charge in [0, 0.05) is 12.5 Å². The summed E-state index contributed by atoms with van der Waals surface area (Å²) in [5, 5.41) is 3.58. The molecule has 1 aromatic rings. The third kappa shape index (κ3) is 7.22. The van der Waals surface area contributed by atoms with Crippen molar-refractivity contribution in [2.24, 2.45) is 5.41 Å². The van der Waals surface area contributed by atoms with E-state index in [1.165, 1.54) is 12.8 Å². The quantitative estimate of drug-likeness (QED) is 0.725. The summed E-state index contributed by atoms with van der Waals surface area (Å²) in [6, 6.07) is 4.57. The minimum Gasteiger partial charge on any atom is -0.469 e. The molecule has 17 heavy (non-hydrogen) atoms. The minimum atomic E-state index is 0.457. The Kier molecular flexibility index (Phi) is 5.76. The van der Waals surface area contributed by atoms with Crippen LogP contribution in [0.4, 0.5) is 0 Å². The first kappa shape index (κ1) is 14.3. The second kappa shape index (κ2) is 6.85. The van der Waals surface area contributed by atoms with Crippen molar-refractivity contribution in [1.29, 1.82) is 0 Å². The van der Waals surface area contributed by atoms with E-state index in [4.69, 9.17) is 4.42 Å². The number of rotatable bonds is 7. The van der Waals surface area contributed by atoms with Gasteiger partial charge in [0.1, 0.15) is 5.76 Å². The van der Waals surface area contributed by atoms with Crippen molar-refractivity contribution in [1.82, 2.24) is 5.32 Å². The predicted molar refractivity (Wildman–Crippen MR) is 73.2 cm³/mol. The van der Waals surface area contributed by atoms with E-state index in [0.717, 1.165) is 25.1 Å². The monoisotopic (exact) mass is 237 g/mol. The molecule has 0 bridgehead atoms. The van der Waals surface area contributed by atoms with Gasteiger partial charge in [0.2, 0.25) is 0 Å². The van der Waals surface area contributed by atoms with Gasteiger partial charge < -0.3 is 9.73 Å². The number of nitrogens with one attached hydrogen (secondary N) is 1. The van der Waals surface area contributed by atoms with Crippen LogP contribution in [0, 0.1) is 5.41 Å². The van der Waals surface area contributed by atoms with Crippen molar-refractivity contribution >= 4 is 0 Å². The highest BCUT2D eigenvalue weighted by molar-refractivity contribution is 4.98. The van der Waals surface area contributed by atoms with E-state index < -0.39 is 0 Å². The first-order valence-corrected chi connectivity index (χ1v) is 6.73. The molecule has 1 atom stereocenters. The van der Waals surface area contributed by atoms with E-state index in [2.05, 4.69) is 33.0 Å². The van der Waals surface area contributed by atoms with Gasteiger partial charge in [-0.25, -0.2) is 0 Å². The normalized spacial score (nSPS) is 13.9. The average Bonchev–Trinajstić information content (AvgIpc) is 2.73. The number of furan rings is 1. The smallest absolute Gasteiger partial charge is 0.103 e. The third-order valence-corrected chi connectivity index (χ3v) is 3.00. The molecule has 1 aromatic heterocycles. The topological polar surface area (TPSA) is 25.2 Å². The highest BCUT2D eigenvalue weighted by Crippen LogP contribution is 2.19. The summed E-state index contributed by atoms with van der Waals surface area (Å²) in [5.74, 6) is 1.09. The maximum absolute atomic E-state index is 5.33. The van der Waals surface area contributed by atoms with Gasteiger partial charge in [0.15, 0.2) is 0 Å². The number of hydrogen-bond donors (Lipinski definition) is 1. The molecule has 0 aromatic carbocycles. The van der Waals surface area contributed by atoms with E-state index >= 15 is 0 Å². The molecular weight excluding hydrogens is 210 g/mol. The molecule has 0 aliphatic heterocycles. The van der Waals surface area contributed by atoms with Crippen molar-refractivity contribution in [2.45, 2.75) is 59.4 Å². The standard InChI is InChI=1S/C15H27NO/c1-13(8-9-14-7-5-12-17-14)16-11-6-10-15(2,3)4/h5,7,12-13,16H,6,8-11H2,1-4H3. The van der Waals surface area contributed by atoms with Crippen LogP contribution < -0.4 is 5.32 Å². The van der Waals surface area contributed by atoms with Gasteiger partial charge in [-0.05, 0) is 50.3 Å². The first-order chi connectivity index (χ1) is 7.97. The molecule has 0 fully saturated rings. The van der Waals surface area contributed by atoms with Crippen LogP contribution in [0.15, 0.2) is 22.8 Å². The molecule has 0 aliphatic rings. The Balaban J connectivity index is 2.03. The number of aryl methyl sites for hydroxylation is 1. The molecule has 0 spiro atoms. The van der Waals surface area contributed by atoms with Crippen LogP contribution in [0.3, 0.4) is 0 Å². The van der Waals surface area contributed by atoms with Crippen LogP contribution in [-0.2, 0) is 6.42 Å². The molecule has 0 aliphatic carbocycles. The van der Waals surface area contributed by atoms with E-state index in [1.807, 2.05) is 12.1 Å². The van der Waals surface area contributed by atoms with Crippen molar-refractivity contribution < 1.29 is 4.42 Å². The second-order valence-corrected chi connectivity index (χ2v) is 6.14. The lowest BCUT2D eigenvalue weighted by atomic mass is 9.90. The summed E-state index contributed by atoms with van der Waals surface area (Å²) in [4.78, 5) is 0. The summed E-state index contributed by atoms with van der Waals surface area (Å²) in [7, 11) is 0. The fourth-order valence-electron chi connectivity index (χ4n) is 1.88. The molecule has 98 valence electrons. The summed E-state index contributed by atoms with van der Waals surface area (Å²) >= 11 is 0. The van der Waals surface area contributed by atoms with E-state index in [0.29, 0.717) is 11.5 Å². The van der Waals surface area contributed by atoms with Crippen LogP contribution in [0.1, 0.15) is 52.7 Å². The minimum absolute atomic E-state index is 0.457. The second-order valence-electron chi connectivity index (χ2n) is 6.14. The zero-order chi connectivity index (χ0) is 12.7. The van der Waals surface area contributed by atoms with Crippen LogP contribution in [0.25, 0.3) is 0 Å². The highest BCUT2D eigenvalue weighted by Gasteiger charge is 2.09. The van der Waals surface area contributed by atoms with Crippen LogP contribution >= 0.6 is 0 Å². The molecule has 1 heterocycles. The molecule has 0 radical (unpaired) electrons. The summed E-state index contributed by atoms with van der Waals surface area (Å²) in [5.41, 5.74) is 0.457. The molecule has 1 unspecified atom stereocenters. The van der Waals surface area contributed by atoms with Crippen molar-refractivity contribution in [3.8, 4) is 0 Å². The fourth-order valence-corrected chi connectivity index (χ4v) is 1.88. The van der Waals surface area contributed by atoms with Gasteiger partial charge in [-0.1, -0.05) is 20.8 Å². The molecule has 1 rings (SSSR count). The van der Waals surface area contributed by atoms with Gasteiger partial charge >= 0.3 is 0 Å². The first-order valence-electron chi connectivity index (χ1n) is 6.73. The molecular formula is C15H27NO. The average molecular weight is 237 g/mol. The summed E-state index contributed by atoms with van der Waals surface area (Å²) in [6.45, 7) is 10.3. The maximum Gasteiger partial charge on any atom is 0.103 e. The van der Waals surface area contributed by atoms with Crippen LogP contribution in [0.2, 0.25) is 0 Å². The Morgan fingerprint density at radius 1 is 1.35 bits per heavy atom. The van der Waals surface area contributed by atoms with Gasteiger partial charge in [0.05, 0.1) is 6.26 Å². The summed E-state index contributed by atoms with van der Waals surface area (Å²) in [6.07, 6.45) is 6.46. The highest BCUT2D eigenvalue weighted by atomic mass is 16.3. The van der Waals surface area contributed by atoms with Crippen LogP contribution in [0.5, 0.6) is 0 Å². The fraction of sp³-hybridized carbons (Fsp3) is 0.733. The van der Waals surface area contributed by atoms with Crippen molar-refractivity contribution in [3.63, 3.8) is 0 Å². The Morgan fingerprint density at radius 2 is 2.12 bits per heavy atom. The zero-order valence-electron chi connectivity index (χ0n) is 11.8. The maximum atomic E-state index is 5.33. The zero-order valence-corrected chi connectivity index (χ0v) is 11.8. The molecule has 0 amide bonds. The molecule has 2 nitrogen and oxygen atoms in total.